The molecule has 1 aromatic carbocycles. The third-order valence-electron chi connectivity index (χ3n) is 2.51. The highest BCUT2D eigenvalue weighted by Crippen LogP contribution is 2.20. The van der Waals surface area contributed by atoms with E-state index in [-0.39, 0.29) is 11.4 Å². The first kappa shape index (κ1) is 16.5. The van der Waals surface area contributed by atoms with E-state index in [1.54, 1.807) is 6.92 Å². The molecule has 0 fully saturated rings. The van der Waals surface area contributed by atoms with Crippen molar-refractivity contribution in [2.45, 2.75) is 24.7 Å². The Labute approximate surface area is 115 Å². The largest absolute Gasteiger partial charge is 0.252 e. The molecular formula is C12H13F3N2O2S. The quantitative estimate of drug-likeness (QED) is 0.810. The van der Waals surface area contributed by atoms with Gasteiger partial charge in [-0.2, -0.15) is 9.57 Å². The molecule has 0 spiro atoms. The van der Waals surface area contributed by atoms with E-state index in [2.05, 4.69) is 0 Å². The van der Waals surface area contributed by atoms with Gasteiger partial charge in [0.1, 0.15) is 11.9 Å². The highest BCUT2D eigenvalue weighted by atomic mass is 32.2. The lowest BCUT2D eigenvalue weighted by Gasteiger charge is -2.21. The molecule has 110 valence electrons. The lowest BCUT2D eigenvalue weighted by Crippen LogP contribution is -2.35. The minimum atomic E-state index is -4.17. The number of sulfonamides is 1. The van der Waals surface area contributed by atoms with Crippen molar-refractivity contribution in [2.75, 3.05) is 13.1 Å². The molecule has 1 rings (SSSR count). The van der Waals surface area contributed by atoms with Crippen molar-refractivity contribution in [2.24, 2.45) is 0 Å². The summed E-state index contributed by atoms with van der Waals surface area (Å²) in [5.41, 5.74) is -0.445. The molecule has 0 aromatic heterocycles. The summed E-state index contributed by atoms with van der Waals surface area (Å²) in [5.74, 6) is -0.859. The first-order chi connectivity index (χ1) is 9.32. The van der Waals surface area contributed by atoms with Crippen LogP contribution < -0.4 is 0 Å². The molecule has 0 atom stereocenters. The Bertz CT molecular complexity index is 612. The zero-order valence-corrected chi connectivity index (χ0v) is 11.5. The Morgan fingerprint density at radius 3 is 2.55 bits per heavy atom. The van der Waals surface area contributed by atoms with Gasteiger partial charge in [0.2, 0.25) is 10.0 Å². The number of hydrogen-bond acceptors (Lipinski definition) is 3. The fourth-order valence-electron chi connectivity index (χ4n) is 1.61. The van der Waals surface area contributed by atoms with Gasteiger partial charge >= 0.3 is 0 Å². The Hall–Kier alpha value is -1.59. The lowest BCUT2D eigenvalue weighted by molar-refractivity contribution is 0.119. The number of nitriles is 1. The number of alkyl halides is 2. The first-order valence-corrected chi connectivity index (χ1v) is 7.24. The van der Waals surface area contributed by atoms with Gasteiger partial charge in [0.25, 0.3) is 6.43 Å². The molecule has 4 nitrogen and oxygen atoms in total. The van der Waals surface area contributed by atoms with E-state index in [4.69, 9.17) is 5.26 Å². The Morgan fingerprint density at radius 1 is 1.40 bits per heavy atom. The van der Waals surface area contributed by atoms with Crippen molar-refractivity contribution in [3.63, 3.8) is 0 Å². The molecular weight excluding hydrogens is 293 g/mol. The number of nitrogens with zero attached hydrogens (tertiary/aromatic N) is 2. The second kappa shape index (κ2) is 6.72. The minimum absolute atomic E-state index is 0.0774. The minimum Gasteiger partial charge on any atom is -0.209 e. The molecule has 0 heterocycles. The molecule has 0 saturated carbocycles. The number of halogens is 3. The van der Waals surface area contributed by atoms with Gasteiger partial charge in [-0.05, 0) is 24.6 Å². The molecule has 1 aromatic rings. The molecule has 0 aliphatic heterocycles. The van der Waals surface area contributed by atoms with Gasteiger partial charge in [0.15, 0.2) is 0 Å². The van der Waals surface area contributed by atoms with E-state index in [1.807, 2.05) is 0 Å². The molecule has 0 bridgehead atoms. The summed E-state index contributed by atoms with van der Waals surface area (Å²) in [6.07, 6.45) is -2.45. The molecule has 8 heteroatoms. The predicted octanol–water partition coefficient (Wildman–Crippen LogP) is 2.36. The normalized spacial score (nSPS) is 11.8. The van der Waals surface area contributed by atoms with Crippen molar-refractivity contribution < 1.29 is 21.6 Å². The van der Waals surface area contributed by atoms with E-state index < -0.39 is 34.4 Å². The SMILES string of the molecule is CCCN(CC(F)F)S(=O)(=O)c1ccc(F)c(C#N)c1. The smallest absolute Gasteiger partial charge is 0.209 e. The Balaban J connectivity index is 3.22. The van der Waals surface area contributed by atoms with Gasteiger partial charge in [-0.1, -0.05) is 6.92 Å². The summed E-state index contributed by atoms with van der Waals surface area (Å²) < 4.78 is 63.1. The maximum atomic E-state index is 13.2. The predicted molar refractivity (Wildman–Crippen MR) is 66.2 cm³/mol. The molecule has 0 radical (unpaired) electrons. The van der Waals surface area contributed by atoms with E-state index in [1.165, 1.54) is 6.07 Å². The van der Waals surface area contributed by atoms with Gasteiger partial charge in [0, 0.05) is 6.54 Å². The molecule has 0 amide bonds. The summed E-state index contributed by atoms with van der Waals surface area (Å²) in [7, 11) is -4.17. The highest BCUT2D eigenvalue weighted by molar-refractivity contribution is 7.89. The van der Waals surface area contributed by atoms with E-state index >= 15 is 0 Å². The summed E-state index contributed by atoms with van der Waals surface area (Å²) in [6.45, 7) is 0.640. The van der Waals surface area contributed by atoms with Crippen molar-refractivity contribution in [1.82, 2.24) is 4.31 Å². The van der Waals surface area contributed by atoms with Crippen LogP contribution in [0.1, 0.15) is 18.9 Å². The highest BCUT2D eigenvalue weighted by Gasteiger charge is 2.27. The van der Waals surface area contributed by atoms with E-state index in [9.17, 15) is 21.6 Å². The fraction of sp³-hybridized carbons (Fsp3) is 0.417. The topological polar surface area (TPSA) is 61.2 Å². The molecule has 0 aliphatic carbocycles. The molecule has 0 saturated heterocycles. The van der Waals surface area contributed by atoms with Crippen molar-refractivity contribution in [1.29, 1.82) is 5.26 Å². The van der Waals surface area contributed by atoms with E-state index in [0.717, 1.165) is 18.2 Å². The van der Waals surface area contributed by atoms with Gasteiger partial charge in [-0.15, -0.1) is 0 Å². The second-order valence-electron chi connectivity index (χ2n) is 4.01. The number of rotatable bonds is 6. The Morgan fingerprint density at radius 2 is 2.05 bits per heavy atom. The van der Waals surface area contributed by atoms with Crippen molar-refractivity contribution >= 4 is 10.0 Å². The summed E-state index contributed by atoms with van der Waals surface area (Å²) >= 11 is 0. The average Bonchev–Trinajstić information content (AvgIpc) is 2.38. The van der Waals surface area contributed by atoms with Gasteiger partial charge < -0.3 is 0 Å². The second-order valence-corrected chi connectivity index (χ2v) is 5.95. The lowest BCUT2D eigenvalue weighted by atomic mass is 10.2. The van der Waals surface area contributed by atoms with Crippen LogP contribution in [0.4, 0.5) is 13.2 Å². The number of benzene rings is 1. The zero-order chi connectivity index (χ0) is 15.3. The van der Waals surface area contributed by atoms with Crippen LogP contribution in [0.15, 0.2) is 23.1 Å². The van der Waals surface area contributed by atoms with E-state index in [0.29, 0.717) is 10.7 Å². The van der Waals surface area contributed by atoms with Crippen LogP contribution in [0.3, 0.4) is 0 Å². The van der Waals surface area contributed by atoms with Crippen molar-refractivity contribution in [3.05, 3.63) is 29.6 Å². The maximum absolute atomic E-state index is 13.2. The van der Waals surface area contributed by atoms with Crippen LogP contribution in [0.5, 0.6) is 0 Å². The summed E-state index contributed by atoms with van der Waals surface area (Å²) in [5, 5.41) is 8.68. The summed E-state index contributed by atoms with van der Waals surface area (Å²) in [6, 6.07) is 4.15. The maximum Gasteiger partial charge on any atom is 0.252 e. The standard InChI is InChI=1S/C12H13F3N2O2S/c1-2-5-17(8-12(14)15)20(18,19)10-3-4-11(13)9(6-10)7-16/h3-4,6,12H,2,5,8H2,1H3. The third kappa shape index (κ3) is 3.71. The van der Waals surface area contributed by atoms with Crippen LogP contribution in [0.25, 0.3) is 0 Å². The zero-order valence-electron chi connectivity index (χ0n) is 10.7. The third-order valence-corrected chi connectivity index (χ3v) is 4.37. The van der Waals surface area contributed by atoms with Gasteiger partial charge in [-0.25, -0.2) is 21.6 Å². The fourth-order valence-corrected chi connectivity index (χ4v) is 3.15. The van der Waals surface area contributed by atoms with Crippen LogP contribution in [0, 0.1) is 17.1 Å². The van der Waals surface area contributed by atoms with Gasteiger partial charge in [-0.3, -0.25) is 0 Å². The monoisotopic (exact) mass is 306 g/mol. The van der Waals surface area contributed by atoms with Gasteiger partial charge in [0.05, 0.1) is 17.0 Å². The van der Waals surface area contributed by atoms with Crippen LogP contribution in [-0.4, -0.2) is 32.2 Å². The van der Waals surface area contributed by atoms with Crippen molar-refractivity contribution in [3.8, 4) is 6.07 Å². The number of hydrogen-bond donors (Lipinski definition) is 0. The summed E-state index contributed by atoms with van der Waals surface area (Å²) in [4.78, 5) is -0.371. The molecule has 20 heavy (non-hydrogen) atoms. The average molecular weight is 306 g/mol. The van der Waals surface area contributed by atoms with Crippen LogP contribution >= 0.6 is 0 Å². The Kier molecular flexibility index (Phi) is 5.53. The first-order valence-electron chi connectivity index (χ1n) is 5.80. The molecule has 0 aliphatic rings. The molecule has 0 N–H and O–H groups in total. The molecule has 0 unspecified atom stereocenters. The van der Waals surface area contributed by atoms with Crippen LogP contribution in [0.2, 0.25) is 0 Å². The van der Waals surface area contributed by atoms with Crippen LogP contribution in [-0.2, 0) is 10.0 Å².